The lowest BCUT2D eigenvalue weighted by molar-refractivity contribution is 0.0487. The first-order chi connectivity index (χ1) is 8.99. The van der Waals surface area contributed by atoms with Crippen LogP contribution in [0.5, 0.6) is 0 Å². The number of rotatable bonds is 5. The molecule has 0 saturated carbocycles. The van der Waals surface area contributed by atoms with Gasteiger partial charge in [0.25, 0.3) is 0 Å². The molecular weight excluding hydrogens is 262 g/mol. The van der Waals surface area contributed by atoms with Crippen molar-refractivity contribution in [3.05, 3.63) is 0 Å². The highest BCUT2D eigenvalue weighted by atomic mass is 16.6. The molecule has 2 amide bonds. The summed E-state index contributed by atoms with van der Waals surface area (Å²) in [5, 5.41) is 2.62. The zero-order valence-electron chi connectivity index (χ0n) is 13.3. The summed E-state index contributed by atoms with van der Waals surface area (Å²) in [5.74, 6) is 0. The molecule has 0 unspecified atom stereocenters. The van der Waals surface area contributed by atoms with Gasteiger partial charge in [-0.3, -0.25) is 5.43 Å². The predicted octanol–water partition coefficient (Wildman–Crippen LogP) is 1.93. The Kier molecular flexibility index (Phi) is 7.34. The van der Waals surface area contributed by atoms with Gasteiger partial charge < -0.3 is 14.8 Å². The van der Waals surface area contributed by atoms with Gasteiger partial charge in [-0.05, 0) is 48.0 Å². The molecule has 0 aliphatic carbocycles. The molecule has 0 fully saturated rings. The van der Waals surface area contributed by atoms with Crippen molar-refractivity contribution in [1.82, 2.24) is 16.2 Å². The summed E-state index contributed by atoms with van der Waals surface area (Å²) in [6.45, 7) is 11.7. The molecule has 3 N–H and O–H groups in total. The van der Waals surface area contributed by atoms with Gasteiger partial charge in [0.05, 0.1) is 0 Å². The quantitative estimate of drug-likeness (QED) is 0.531. The Morgan fingerprint density at radius 3 is 1.85 bits per heavy atom. The maximum atomic E-state index is 11.3. The largest absolute Gasteiger partial charge is 0.444 e. The van der Waals surface area contributed by atoms with Crippen LogP contribution < -0.4 is 16.2 Å². The van der Waals surface area contributed by atoms with Gasteiger partial charge in [-0.2, -0.15) is 0 Å². The zero-order chi connectivity index (χ0) is 15.8. The second-order valence-electron chi connectivity index (χ2n) is 6.34. The smallest absolute Gasteiger partial charge is 0.422 e. The van der Waals surface area contributed by atoms with Gasteiger partial charge in [0.15, 0.2) is 0 Å². The Hall–Kier alpha value is -1.50. The minimum Gasteiger partial charge on any atom is -0.444 e. The summed E-state index contributed by atoms with van der Waals surface area (Å²) < 4.78 is 10.1. The number of hydrazine groups is 1. The zero-order valence-corrected chi connectivity index (χ0v) is 13.3. The molecule has 0 saturated heterocycles. The van der Waals surface area contributed by atoms with Crippen molar-refractivity contribution in [2.24, 2.45) is 0 Å². The highest BCUT2D eigenvalue weighted by molar-refractivity contribution is 5.67. The second kappa shape index (κ2) is 7.94. The molecule has 0 aromatic carbocycles. The molecule has 0 aromatic rings. The first kappa shape index (κ1) is 18.5. The lowest BCUT2D eigenvalue weighted by Gasteiger charge is -2.20. The van der Waals surface area contributed by atoms with E-state index in [9.17, 15) is 9.59 Å². The average molecular weight is 289 g/mol. The van der Waals surface area contributed by atoms with E-state index in [1.165, 1.54) is 0 Å². The van der Waals surface area contributed by atoms with Crippen molar-refractivity contribution >= 4 is 12.2 Å². The molecule has 0 bridgehead atoms. The van der Waals surface area contributed by atoms with Gasteiger partial charge in [0, 0.05) is 13.1 Å². The normalized spacial score (nSPS) is 11.7. The maximum absolute atomic E-state index is 11.3. The number of nitrogens with one attached hydrogen (secondary N) is 3. The van der Waals surface area contributed by atoms with E-state index < -0.39 is 23.4 Å². The molecule has 7 heteroatoms. The van der Waals surface area contributed by atoms with E-state index in [2.05, 4.69) is 16.2 Å². The fraction of sp³-hybridized carbons (Fsp3) is 0.846. The highest BCUT2D eigenvalue weighted by Crippen LogP contribution is 2.06. The fourth-order valence-electron chi connectivity index (χ4n) is 1.12. The van der Waals surface area contributed by atoms with E-state index in [1.54, 1.807) is 41.5 Å². The van der Waals surface area contributed by atoms with Crippen LogP contribution >= 0.6 is 0 Å². The fourth-order valence-corrected chi connectivity index (χ4v) is 1.12. The number of ether oxygens (including phenoxy) is 2. The molecule has 118 valence electrons. The molecule has 0 heterocycles. The summed E-state index contributed by atoms with van der Waals surface area (Å²) in [6, 6.07) is 0. The summed E-state index contributed by atoms with van der Waals surface area (Å²) in [6.07, 6.45) is -0.329. The van der Waals surface area contributed by atoms with Gasteiger partial charge >= 0.3 is 12.2 Å². The Bertz CT molecular complexity index is 287. The summed E-state index contributed by atoms with van der Waals surface area (Å²) in [4.78, 5) is 22.6. The molecular formula is C13H27N3O4. The molecule has 0 atom stereocenters. The third-order valence-corrected chi connectivity index (χ3v) is 1.74. The van der Waals surface area contributed by atoms with Crippen LogP contribution in [0.25, 0.3) is 0 Å². The van der Waals surface area contributed by atoms with Gasteiger partial charge in [-0.15, -0.1) is 0 Å². The number of carbonyl (C=O) groups is 2. The van der Waals surface area contributed by atoms with Crippen LogP contribution in [0.4, 0.5) is 9.59 Å². The van der Waals surface area contributed by atoms with Crippen LogP contribution in [0.2, 0.25) is 0 Å². The summed E-state index contributed by atoms with van der Waals surface area (Å²) in [7, 11) is 0. The number of alkyl carbamates (subject to hydrolysis) is 1. The predicted molar refractivity (Wildman–Crippen MR) is 76.2 cm³/mol. The minimum absolute atomic E-state index is 0.447. The van der Waals surface area contributed by atoms with Crippen LogP contribution in [0.1, 0.15) is 48.0 Å². The molecule has 0 aliphatic rings. The van der Waals surface area contributed by atoms with Gasteiger partial charge in [-0.25, -0.2) is 15.0 Å². The standard InChI is InChI=1S/C13H27N3O4/c1-12(2,3)19-10(17)14-8-7-9-15-16-11(18)20-13(4,5)6/h15H,7-9H2,1-6H3,(H,14,17)(H,16,18). The van der Waals surface area contributed by atoms with E-state index in [0.717, 1.165) is 0 Å². The molecule has 20 heavy (non-hydrogen) atoms. The van der Waals surface area contributed by atoms with Crippen LogP contribution in [-0.2, 0) is 9.47 Å². The van der Waals surface area contributed by atoms with E-state index in [1.807, 2.05) is 0 Å². The van der Waals surface area contributed by atoms with Gasteiger partial charge in [-0.1, -0.05) is 0 Å². The van der Waals surface area contributed by atoms with Crippen molar-refractivity contribution in [3.8, 4) is 0 Å². The van der Waals surface area contributed by atoms with E-state index in [-0.39, 0.29) is 0 Å². The molecule has 0 aliphatic heterocycles. The maximum Gasteiger partial charge on any atom is 0.422 e. The first-order valence-electron chi connectivity index (χ1n) is 6.68. The third-order valence-electron chi connectivity index (χ3n) is 1.74. The average Bonchev–Trinajstić information content (AvgIpc) is 2.17. The number of hydrogen-bond acceptors (Lipinski definition) is 5. The number of hydrogen-bond donors (Lipinski definition) is 3. The van der Waals surface area contributed by atoms with Crippen LogP contribution in [-0.4, -0.2) is 36.5 Å². The topological polar surface area (TPSA) is 88.7 Å². The van der Waals surface area contributed by atoms with Crippen molar-refractivity contribution in [2.75, 3.05) is 13.1 Å². The Balaban J connectivity index is 3.54. The number of carbonyl (C=O) groups excluding carboxylic acids is 2. The Labute approximate surface area is 120 Å². The van der Waals surface area contributed by atoms with Crippen molar-refractivity contribution in [2.45, 2.75) is 59.2 Å². The lowest BCUT2D eigenvalue weighted by atomic mass is 10.2. The van der Waals surface area contributed by atoms with E-state index >= 15 is 0 Å². The van der Waals surface area contributed by atoms with Crippen LogP contribution in [0.15, 0.2) is 0 Å². The minimum atomic E-state index is -0.530. The first-order valence-corrected chi connectivity index (χ1v) is 6.68. The van der Waals surface area contributed by atoms with Crippen molar-refractivity contribution in [3.63, 3.8) is 0 Å². The van der Waals surface area contributed by atoms with E-state index in [0.29, 0.717) is 19.5 Å². The van der Waals surface area contributed by atoms with Gasteiger partial charge in [0.2, 0.25) is 0 Å². The van der Waals surface area contributed by atoms with E-state index in [4.69, 9.17) is 9.47 Å². The highest BCUT2D eigenvalue weighted by Gasteiger charge is 2.16. The molecule has 0 rings (SSSR count). The molecule has 0 radical (unpaired) electrons. The number of amides is 2. The Morgan fingerprint density at radius 1 is 0.850 bits per heavy atom. The van der Waals surface area contributed by atoms with Crippen molar-refractivity contribution < 1.29 is 19.1 Å². The second-order valence-corrected chi connectivity index (χ2v) is 6.34. The molecule has 7 nitrogen and oxygen atoms in total. The monoisotopic (exact) mass is 289 g/mol. The summed E-state index contributed by atoms with van der Waals surface area (Å²) >= 11 is 0. The molecule has 0 aromatic heterocycles. The SMILES string of the molecule is CC(C)(C)OC(=O)NCCCNNC(=O)OC(C)(C)C. The van der Waals surface area contributed by atoms with Crippen LogP contribution in [0, 0.1) is 0 Å². The molecule has 0 spiro atoms. The third kappa shape index (κ3) is 12.9. The van der Waals surface area contributed by atoms with Crippen molar-refractivity contribution in [1.29, 1.82) is 0 Å². The summed E-state index contributed by atoms with van der Waals surface area (Å²) in [5.41, 5.74) is 4.10. The Morgan fingerprint density at radius 2 is 1.35 bits per heavy atom. The van der Waals surface area contributed by atoms with Crippen LogP contribution in [0.3, 0.4) is 0 Å². The lowest BCUT2D eigenvalue weighted by Crippen LogP contribution is -2.42. The van der Waals surface area contributed by atoms with Gasteiger partial charge in [0.1, 0.15) is 11.2 Å².